The summed E-state index contributed by atoms with van der Waals surface area (Å²) in [5, 5.41) is 3.15. The molecule has 0 bridgehead atoms. The van der Waals surface area contributed by atoms with Crippen LogP contribution in [0.1, 0.15) is 45.4 Å². The molecule has 1 aromatic heterocycles. The summed E-state index contributed by atoms with van der Waals surface area (Å²) in [6.45, 7) is 6.08. The van der Waals surface area contributed by atoms with Crippen molar-refractivity contribution in [3.8, 4) is 0 Å². The van der Waals surface area contributed by atoms with Crippen LogP contribution in [-0.2, 0) is 22.6 Å². The third-order valence-electron chi connectivity index (χ3n) is 5.92. The summed E-state index contributed by atoms with van der Waals surface area (Å²) in [5.74, 6) is 0.434. The quantitative estimate of drug-likeness (QED) is 0.751. The van der Waals surface area contributed by atoms with Crippen LogP contribution in [-0.4, -0.2) is 39.4 Å². The molecule has 29 heavy (non-hydrogen) atoms. The number of hydrogen-bond donors (Lipinski definition) is 1. The van der Waals surface area contributed by atoms with Crippen molar-refractivity contribution in [2.75, 3.05) is 18.4 Å². The largest absolute Gasteiger partial charge is 0.334 e. The molecule has 154 valence electrons. The van der Waals surface area contributed by atoms with Crippen LogP contribution < -0.4 is 10.9 Å². The zero-order valence-corrected chi connectivity index (χ0v) is 17.1. The minimum Gasteiger partial charge on any atom is -0.334 e. The van der Waals surface area contributed by atoms with Gasteiger partial charge in [-0.2, -0.15) is 0 Å². The van der Waals surface area contributed by atoms with Crippen molar-refractivity contribution in [2.24, 2.45) is 11.8 Å². The third-order valence-corrected chi connectivity index (χ3v) is 5.92. The van der Waals surface area contributed by atoms with E-state index < -0.39 is 11.8 Å². The molecule has 1 N–H and O–H groups in total. The number of benzene rings is 1. The maximum absolute atomic E-state index is 13.0. The van der Waals surface area contributed by atoms with E-state index in [1.165, 1.54) is 0 Å². The van der Waals surface area contributed by atoms with Gasteiger partial charge in [0.15, 0.2) is 0 Å². The first-order valence-corrected chi connectivity index (χ1v) is 10.6. The van der Waals surface area contributed by atoms with Gasteiger partial charge in [-0.15, -0.1) is 0 Å². The highest BCUT2D eigenvalue weighted by molar-refractivity contribution is 6.39. The number of carbonyl (C=O) groups is 2. The molecular weight excluding hydrogens is 368 g/mol. The number of piperidine rings is 1. The van der Waals surface area contributed by atoms with Crippen LogP contribution in [0.4, 0.5) is 5.69 Å². The van der Waals surface area contributed by atoms with Gasteiger partial charge in [0, 0.05) is 31.7 Å². The van der Waals surface area contributed by atoms with Crippen LogP contribution in [0, 0.1) is 11.8 Å². The highest BCUT2D eigenvalue weighted by Gasteiger charge is 2.29. The molecule has 0 saturated carbocycles. The highest BCUT2D eigenvalue weighted by Crippen LogP contribution is 2.22. The second kappa shape index (κ2) is 7.97. The monoisotopic (exact) mass is 396 g/mol. The number of fused-ring (bicyclic) bond motifs is 2. The van der Waals surface area contributed by atoms with Crippen LogP contribution >= 0.6 is 0 Å². The van der Waals surface area contributed by atoms with Crippen LogP contribution in [0.15, 0.2) is 23.0 Å². The second-order valence-corrected chi connectivity index (χ2v) is 8.64. The van der Waals surface area contributed by atoms with Crippen LogP contribution in [0.3, 0.4) is 0 Å². The van der Waals surface area contributed by atoms with Crippen molar-refractivity contribution in [3.05, 3.63) is 34.4 Å². The Balaban J connectivity index is 1.56. The number of likely N-dealkylation sites (tertiary alicyclic amines) is 1. The van der Waals surface area contributed by atoms with E-state index >= 15 is 0 Å². The lowest BCUT2D eigenvalue weighted by atomic mass is 9.92. The highest BCUT2D eigenvalue weighted by atomic mass is 16.2. The van der Waals surface area contributed by atoms with Gasteiger partial charge >= 0.3 is 11.8 Å². The van der Waals surface area contributed by atoms with Gasteiger partial charge in [-0.05, 0) is 49.3 Å². The molecule has 3 heterocycles. The maximum atomic E-state index is 13.0. The molecule has 0 spiro atoms. The molecule has 4 rings (SSSR count). The molecular formula is C22H28N4O3. The van der Waals surface area contributed by atoms with Gasteiger partial charge in [-0.1, -0.05) is 20.3 Å². The molecule has 2 aliphatic rings. The minimum absolute atomic E-state index is 0.0759. The van der Waals surface area contributed by atoms with Gasteiger partial charge in [0.2, 0.25) is 0 Å². The summed E-state index contributed by atoms with van der Waals surface area (Å²) in [7, 11) is 0. The van der Waals surface area contributed by atoms with Gasteiger partial charge in [-0.3, -0.25) is 19.0 Å². The van der Waals surface area contributed by atoms with Crippen molar-refractivity contribution in [3.63, 3.8) is 0 Å². The van der Waals surface area contributed by atoms with Crippen molar-refractivity contribution in [2.45, 2.75) is 52.5 Å². The van der Waals surface area contributed by atoms with Crippen molar-refractivity contribution in [1.29, 1.82) is 0 Å². The van der Waals surface area contributed by atoms with Gasteiger partial charge in [0.1, 0.15) is 5.82 Å². The molecule has 2 amide bonds. The number of hydrogen-bond acceptors (Lipinski definition) is 4. The van der Waals surface area contributed by atoms with Crippen molar-refractivity contribution in [1.82, 2.24) is 14.5 Å². The molecule has 2 unspecified atom stereocenters. The molecule has 2 aromatic rings. The summed E-state index contributed by atoms with van der Waals surface area (Å²) < 4.78 is 1.75. The second-order valence-electron chi connectivity index (χ2n) is 8.64. The minimum atomic E-state index is -0.659. The van der Waals surface area contributed by atoms with E-state index in [0.29, 0.717) is 48.1 Å². The average Bonchev–Trinajstić information content (AvgIpc) is 2.93. The SMILES string of the molecule is CC1CC(C)CN(C(=O)C(=O)Nc2ccc3nc4n(c(=O)c3c2)CCCCC4)C1. The van der Waals surface area contributed by atoms with Gasteiger partial charge in [-0.25, -0.2) is 4.98 Å². The normalized spacial score (nSPS) is 22.1. The fourth-order valence-electron chi connectivity index (χ4n) is 4.65. The summed E-state index contributed by atoms with van der Waals surface area (Å²) in [4.78, 5) is 44.4. The van der Waals surface area contributed by atoms with E-state index in [0.717, 1.165) is 37.9 Å². The molecule has 2 atom stereocenters. The molecule has 7 nitrogen and oxygen atoms in total. The Labute approximate surface area is 170 Å². The first-order valence-electron chi connectivity index (χ1n) is 10.6. The number of aromatic nitrogens is 2. The molecule has 1 aromatic carbocycles. The van der Waals surface area contributed by atoms with E-state index in [-0.39, 0.29) is 5.56 Å². The lowest BCUT2D eigenvalue weighted by Gasteiger charge is -2.34. The maximum Gasteiger partial charge on any atom is 0.313 e. The van der Waals surface area contributed by atoms with Crippen molar-refractivity contribution >= 4 is 28.4 Å². The molecule has 0 radical (unpaired) electrons. The van der Waals surface area contributed by atoms with Gasteiger partial charge in [0.05, 0.1) is 10.9 Å². The van der Waals surface area contributed by atoms with Gasteiger partial charge < -0.3 is 10.2 Å². The number of nitrogens with zero attached hydrogens (tertiary/aromatic N) is 3. The zero-order chi connectivity index (χ0) is 20.5. The van der Waals surface area contributed by atoms with Gasteiger partial charge in [0.25, 0.3) is 5.56 Å². The topological polar surface area (TPSA) is 84.3 Å². The number of carbonyl (C=O) groups excluding carboxylic acids is 2. The Morgan fingerprint density at radius 1 is 1.10 bits per heavy atom. The Hall–Kier alpha value is -2.70. The Bertz CT molecular complexity index is 1000. The number of anilines is 1. The Morgan fingerprint density at radius 2 is 1.86 bits per heavy atom. The standard InChI is InChI=1S/C22H28N4O3/c1-14-10-15(2)13-25(12-14)22(29)20(27)23-16-7-8-18-17(11-16)21(28)26-9-5-3-4-6-19(26)24-18/h7-8,11,14-15H,3-6,9-10,12-13H2,1-2H3,(H,23,27). The first-order chi connectivity index (χ1) is 13.9. The predicted molar refractivity (Wildman–Crippen MR) is 112 cm³/mol. The molecule has 2 aliphatic heterocycles. The summed E-state index contributed by atoms with van der Waals surface area (Å²) in [6.07, 6.45) is 4.98. The summed E-state index contributed by atoms with van der Waals surface area (Å²) in [5.41, 5.74) is 1.00. The number of aryl methyl sites for hydroxylation is 1. The van der Waals surface area contributed by atoms with E-state index in [1.54, 1.807) is 27.7 Å². The van der Waals surface area contributed by atoms with E-state index in [1.807, 2.05) is 0 Å². The Morgan fingerprint density at radius 3 is 2.62 bits per heavy atom. The average molecular weight is 396 g/mol. The molecule has 1 fully saturated rings. The van der Waals surface area contributed by atoms with Crippen molar-refractivity contribution < 1.29 is 9.59 Å². The Kier molecular flexibility index (Phi) is 5.39. The summed E-state index contributed by atoms with van der Waals surface area (Å²) >= 11 is 0. The van der Waals surface area contributed by atoms with E-state index in [9.17, 15) is 14.4 Å². The first kappa shape index (κ1) is 19.6. The number of amides is 2. The fourth-order valence-corrected chi connectivity index (χ4v) is 4.65. The van der Waals surface area contributed by atoms with Crippen LogP contribution in [0.5, 0.6) is 0 Å². The lowest BCUT2D eigenvalue weighted by Crippen LogP contribution is -2.47. The van der Waals surface area contributed by atoms with Crippen LogP contribution in [0.25, 0.3) is 10.9 Å². The smallest absolute Gasteiger partial charge is 0.313 e. The third kappa shape index (κ3) is 4.04. The van der Waals surface area contributed by atoms with E-state index in [4.69, 9.17) is 0 Å². The zero-order valence-electron chi connectivity index (χ0n) is 17.1. The van der Waals surface area contributed by atoms with E-state index in [2.05, 4.69) is 24.1 Å². The predicted octanol–water partition coefficient (Wildman–Crippen LogP) is 2.57. The molecule has 0 aliphatic carbocycles. The number of rotatable bonds is 1. The molecule has 1 saturated heterocycles. The molecule has 7 heteroatoms. The van der Waals surface area contributed by atoms with Crippen LogP contribution in [0.2, 0.25) is 0 Å². The number of nitrogens with one attached hydrogen (secondary N) is 1. The lowest BCUT2D eigenvalue weighted by molar-refractivity contribution is -0.144. The summed E-state index contributed by atoms with van der Waals surface area (Å²) in [6, 6.07) is 5.08. The fraction of sp³-hybridized carbons (Fsp3) is 0.545.